The van der Waals surface area contributed by atoms with Crippen molar-refractivity contribution in [2.75, 3.05) is 46.1 Å². The van der Waals surface area contributed by atoms with Crippen molar-refractivity contribution < 1.29 is 56.3 Å². The average Bonchev–Trinajstić information content (AvgIpc) is 3.79. The average molecular weight is 825 g/mol. The summed E-state index contributed by atoms with van der Waals surface area (Å²) in [6, 6.07) is 24.1. The molecule has 4 N–H and O–H groups in total. The molecule has 3 heterocycles. The number of halogens is 3. The topological polar surface area (TPSA) is 197 Å². The maximum atomic E-state index is 13.1. The van der Waals surface area contributed by atoms with Crippen LogP contribution in [0, 0.1) is 5.92 Å². The summed E-state index contributed by atoms with van der Waals surface area (Å²) in [5.41, 5.74) is 0.0446. The Morgan fingerprint density at radius 2 is 1.56 bits per heavy atom. The lowest BCUT2D eigenvalue weighted by Gasteiger charge is -2.37. The van der Waals surface area contributed by atoms with Crippen molar-refractivity contribution in [3.05, 3.63) is 112 Å². The maximum Gasteiger partial charge on any atom is 0.471 e. The van der Waals surface area contributed by atoms with Crippen LogP contribution in [0.4, 0.5) is 19.1 Å². The summed E-state index contributed by atoms with van der Waals surface area (Å²) in [6.45, 7) is 1.67. The highest BCUT2D eigenvalue weighted by atomic mass is 19.4. The number of carbonyl (C=O) groups excluding carboxylic acids is 2. The van der Waals surface area contributed by atoms with Crippen LogP contribution in [-0.2, 0) is 34.1 Å². The molecule has 0 bridgehead atoms. The molecule has 1 saturated heterocycles. The van der Waals surface area contributed by atoms with E-state index in [2.05, 4.69) is 20.3 Å². The fourth-order valence-electron chi connectivity index (χ4n) is 6.50. The standard InChI is InChI=1S/C40H43F3N6O10/c1-23(2)34(51)47-38-46-33-30(35(52)48-38)45-21-49(33)36-32(57-22-56-19-18-44-37(53)40(41,42)43)31(50)29(59-36)20-58-39(24-8-6-5-7-9-24,25-10-14-27(54-3)15-11-25)26-12-16-28(55-4)17-13-26/h5-17,21,23,29,31-32,36,50H,18-20,22H2,1-4H3,(H,44,53)(H2,46,47,48,51,52)/t29-,31+,32-,36-/m1/s1. The smallest absolute Gasteiger partial charge is 0.471 e. The van der Waals surface area contributed by atoms with Crippen LogP contribution < -0.4 is 25.7 Å². The Kier molecular flexibility index (Phi) is 13.3. The van der Waals surface area contributed by atoms with Gasteiger partial charge in [-0.05, 0) is 41.0 Å². The quantitative estimate of drug-likeness (QED) is 0.0598. The van der Waals surface area contributed by atoms with Gasteiger partial charge in [0, 0.05) is 12.5 Å². The van der Waals surface area contributed by atoms with Crippen LogP contribution in [0.1, 0.15) is 36.8 Å². The lowest BCUT2D eigenvalue weighted by Crippen LogP contribution is -2.40. The predicted octanol–water partition coefficient (Wildman–Crippen LogP) is 4.04. The fraction of sp³-hybridized carbons (Fsp3) is 0.375. The Hall–Kier alpha value is -5.86. The molecule has 2 aromatic heterocycles. The van der Waals surface area contributed by atoms with Gasteiger partial charge in [-0.15, -0.1) is 0 Å². The van der Waals surface area contributed by atoms with E-state index < -0.39 is 72.9 Å². The monoisotopic (exact) mass is 824 g/mol. The first-order chi connectivity index (χ1) is 28.3. The normalized spacial score (nSPS) is 18.3. The van der Waals surface area contributed by atoms with Gasteiger partial charge in [-0.3, -0.25) is 29.3 Å². The highest BCUT2D eigenvalue weighted by Gasteiger charge is 2.48. The van der Waals surface area contributed by atoms with Crippen LogP contribution in [0.2, 0.25) is 0 Å². The van der Waals surface area contributed by atoms with Gasteiger partial charge in [-0.1, -0.05) is 68.4 Å². The first-order valence-electron chi connectivity index (χ1n) is 18.4. The number of aliphatic hydroxyl groups excluding tert-OH is 1. The SMILES string of the molecule is COc1ccc(C(OC[C@H]2O[C@@H](n3cnc4c(=O)[nH]c(NC(=O)C(C)C)nc43)[C@H](OCOCCNC(=O)C(F)(F)F)[C@H]2O)(c2ccccc2)c2ccc(OC)cc2)cc1. The van der Waals surface area contributed by atoms with E-state index in [-0.39, 0.29) is 30.3 Å². The number of rotatable bonds is 17. The summed E-state index contributed by atoms with van der Waals surface area (Å²) < 4.78 is 74.9. The summed E-state index contributed by atoms with van der Waals surface area (Å²) in [6.07, 6.45) is -8.90. The van der Waals surface area contributed by atoms with E-state index in [1.165, 1.54) is 10.9 Å². The molecule has 59 heavy (non-hydrogen) atoms. The number of aromatic amines is 1. The molecule has 19 heteroatoms. The number of nitrogens with zero attached hydrogens (tertiary/aromatic N) is 3. The highest BCUT2D eigenvalue weighted by molar-refractivity contribution is 5.91. The number of aliphatic hydroxyl groups is 1. The Bertz CT molecular complexity index is 2200. The number of carbonyl (C=O) groups is 2. The van der Waals surface area contributed by atoms with E-state index >= 15 is 0 Å². The van der Waals surface area contributed by atoms with Crippen LogP contribution in [-0.4, -0.2) is 102 Å². The number of aromatic nitrogens is 4. The van der Waals surface area contributed by atoms with E-state index in [4.69, 9.17) is 28.4 Å². The zero-order chi connectivity index (χ0) is 42.3. The Labute approximate surface area is 335 Å². The highest BCUT2D eigenvalue weighted by Crippen LogP contribution is 2.43. The van der Waals surface area contributed by atoms with E-state index in [0.717, 1.165) is 5.56 Å². The molecule has 3 aromatic carbocycles. The molecule has 0 unspecified atom stereocenters. The Balaban J connectivity index is 1.34. The molecule has 1 fully saturated rings. The van der Waals surface area contributed by atoms with Crippen molar-refractivity contribution in [3.8, 4) is 11.5 Å². The number of alkyl halides is 3. The number of fused-ring (bicyclic) bond motifs is 1. The summed E-state index contributed by atoms with van der Waals surface area (Å²) in [5.74, 6) is -1.91. The van der Waals surface area contributed by atoms with Gasteiger partial charge < -0.3 is 38.8 Å². The van der Waals surface area contributed by atoms with Gasteiger partial charge in [0.15, 0.2) is 17.4 Å². The lowest BCUT2D eigenvalue weighted by atomic mass is 9.80. The van der Waals surface area contributed by atoms with Crippen molar-refractivity contribution in [1.82, 2.24) is 24.8 Å². The van der Waals surface area contributed by atoms with Crippen LogP contribution in [0.3, 0.4) is 0 Å². The van der Waals surface area contributed by atoms with Crippen LogP contribution >= 0.6 is 0 Å². The molecular formula is C40H43F3N6O10. The van der Waals surface area contributed by atoms with Crippen molar-refractivity contribution in [3.63, 3.8) is 0 Å². The second kappa shape index (κ2) is 18.4. The lowest BCUT2D eigenvalue weighted by molar-refractivity contribution is -0.174. The van der Waals surface area contributed by atoms with Crippen molar-refractivity contribution >= 4 is 28.9 Å². The molecule has 16 nitrogen and oxygen atoms in total. The van der Waals surface area contributed by atoms with Crippen LogP contribution in [0.5, 0.6) is 11.5 Å². The Morgan fingerprint density at radius 3 is 2.14 bits per heavy atom. The zero-order valence-corrected chi connectivity index (χ0v) is 32.4. The fourth-order valence-corrected chi connectivity index (χ4v) is 6.50. The van der Waals surface area contributed by atoms with E-state index in [0.29, 0.717) is 22.6 Å². The second-order valence-electron chi connectivity index (χ2n) is 13.7. The van der Waals surface area contributed by atoms with Gasteiger partial charge in [-0.25, -0.2) is 4.98 Å². The molecule has 314 valence electrons. The van der Waals surface area contributed by atoms with E-state index in [9.17, 15) is 32.7 Å². The van der Waals surface area contributed by atoms with Gasteiger partial charge in [-0.2, -0.15) is 18.2 Å². The van der Waals surface area contributed by atoms with Gasteiger partial charge in [0.25, 0.3) is 5.56 Å². The minimum absolute atomic E-state index is 0.0222. The summed E-state index contributed by atoms with van der Waals surface area (Å²) in [4.78, 5) is 47.9. The molecule has 2 amide bonds. The molecule has 0 saturated carbocycles. The first-order valence-corrected chi connectivity index (χ1v) is 18.4. The minimum Gasteiger partial charge on any atom is -0.497 e. The third kappa shape index (κ3) is 9.39. The van der Waals surface area contributed by atoms with Crippen molar-refractivity contribution in [2.24, 2.45) is 5.92 Å². The number of ether oxygens (including phenoxy) is 6. The van der Waals surface area contributed by atoms with Gasteiger partial charge in [0.1, 0.15) is 42.2 Å². The number of hydrogen-bond donors (Lipinski definition) is 4. The molecular weight excluding hydrogens is 781 g/mol. The van der Waals surface area contributed by atoms with E-state index in [1.54, 1.807) is 57.6 Å². The second-order valence-corrected chi connectivity index (χ2v) is 13.7. The van der Waals surface area contributed by atoms with Crippen molar-refractivity contribution in [1.29, 1.82) is 0 Å². The number of amides is 2. The molecule has 0 aliphatic carbocycles. The van der Waals surface area contributed by atoms with E-state index in [1.807, 2.05) is 54.6 Å². The molecule has 1 aliphatic rings. The summed E-state index contributed by atoms with van der Waals surface area (Å²) in [5, 5.41) is 16.2. The number of H-pyrrole nitrogens is 1. The summed E-state index contributed by atoms with van der Waals surface area (Å²) in [7, 11) is 3.11. The molecule has 4 atom stereocenters. The van der Waals surface area contributed by atoms with Crippen LogP contribution in [0.15, 0.2) is 90.0 Å². The van der Waals surface area contributed by atoms with Gasteiger partial charge >= 0.3 is 12.1 Å². The molecule has 5 aromatic rings. The van der Waals surface area contributed by atoms with Gasteiger partial charge in [0.2, 0.25) is 11.9 Å². The number of nitrogens with one attached hydrogen (secondary N) is 3. The van der Waals surface area contributed by atoms with Crippen molar-refractivity contribution in [2.45, 2.75) is 50.2 Å². The summed E-state index contributed by atoms with van der Waals surface area (Å²) >= 11 is 0. The third-order valence-corrected chi connectivity index (χ3v) is 9.56. The molecule has 0 radical (unpaired) electrons. The number of methoxy groups -OCH3 is 2. The number of anilines is 1. The molecule has 0 spiro atoms. The number of benzene rings is 3. The Morgan fingerprint density at radius 1 is 0.949 bits per heavy atom. The third-order valence-electron chi connectivity index (χ3n) is 9.56. The zero-order valence-electron chi connectivity index (χ0n) is 32.4. The van der Waals surface area contributed by atoms with Gasteiger partial charge in [0.05, 0.1) is 33.8 Å². The number of hydrogen-bond acceptors (Lipinski definition) is 12. The minimum atomic E-state index is -5.06. The maximum absolute atomic E-state index is 13.1. The van der Waals surface area contributed by atoms with Crippen LogP contribution in [0.25, 0.3) is 11.2 Å². The molecule has 6 rings (SSSR count). The first kappa shape index (κ1) is 42.7. The molecule has 1 aliphatic heterocycles. The number of imidazole rings is 1. The predicted molar refractivity (Wildman–Crippen MR) is 205 cm³/mol. The largest absolute Gasteiger partial charge is 0.497 e.